The topological polar surface area (TPSA) is 12.0 Å². The van der Waals surface area contributed by atoms with E-state index in [1.54, 1.807) is 0 Å². The summed E-state index contributed by atoms with van der Waals surface area (Å²) >= 11 is 0. The minimum absolute atomic E-state index is 0.0169. The van der Waals surface area contributed by atoms with Crippen LogP contribution in [0.15, 0.2) is 0 Å². The molecule has 1 nitrogen and oxygen atoms in total. The first-order valence-electron chi connectivity index (χ1n) is 4.90. The average molecular weight is 191 g/mol. The maximum atomic E-state index is 12.8. The first-order chi connectivity index (χ1) is 5.79. The van der Waals surface area contributed by atoms with Gasteiger partial charge >= 0.3 is 0 Å². The Kier molecular flexibility index (Phi) is 2.95. The van der Waals surface area contributed by atoms with Crippen molar-refractivity contribution in [2.24, 2.45) is 5.41 Å². The Morgan fingerprint density at radius 2 is 2.00 bits per heavy atom. The fourth-order valence-electron chi connectivity index (χ4n) is 1.57. The summed E-state index contributed by atoms with van der Waals surface area (Å²) in [5.74, 6) is -2.42. The van der Waals surface area contributed by atoms with E-state index in [1.165, 1.54) is 0 Å². The monoisotopic (exact) mass is 191 g/mol. The standard InChI is InChI=1S/C10H19F2N/c1-9(2,3)7-13-8-4-5-10(11,12)6-8/h8,13H,4-7H2,1-3H3. The summed E-state index contributed by atoms with van der Waals surface area (Å²) in [6.07, 6.45) is 0.682. The predicted molar refractivity (Wildman–Crippen MR) is 50.0 cm³/mol. The second kappa shape index (κ2) is 3.52. The van der Waals surface area contributed by atoms with Gasteiger partial charge in [0.2, 0.25) is 5.92 Å². The molecular formula is C10H19F2N. The summed E-state index contributed by atoms with van der Waals surface area (Å²) < 4.78 is 25.5. The third-order valence-electron chi connectivity index (χ3n) is 2.32. The van der Waals surface area contributed by atoms with Crippen LogP contribution in [-0.4, -0.2) is 18.5 Å². The van der Waals surface area contributed by atoms with Crippen LogP contribution in [-0.2, 0) is 0 Å². The van der Waals surface area contributed by atoms with Crippen molar-refractivity contribution in [3.8, 4) is 0 Å². The molecule has 78 valence electrons. The Bertz CT molecular complexity index is 172. The highest BCUT2D eigenvalue weighted by atomic mass is 19.3. The molecule has 0 aromatic carbocycles. The normalized spacial score (nSPS) is 27.9. The lowest BCUT2D eigenvalue weighted by molar-refractivity contribution is 0.00668. The first-order valence-corrected chi connectivity index (χ1v) is 4.90. The Balaban J connectivity index is 2.25. The molecule has 0 saturated heterocycles. The first kappa shape index (κ1) is 10.9. The van der Waals surface area contributed by atoms with Crippen molar-refractivity contribution >= 4 is 0 Å². The Morgan fingerprint density at radius 1 is 1.38 bits per heavy atom. The van der Waals surface area contributed by atoms with Crippen LogP contribution in [0.1, 0.15) is 40.0 Å². The Morgan fingerprint density at radius 3 is 2.38 bits per heavy atom. The van der Waals surface area contributed by atoms with Crippen molar-refractivity contribution in [1.29, 1.82) is 0 Å². The maximum Gasteiger partial charge on any atom is 0.249 e. The van der Waals surface area contributed by atoms with Gasteiger partial charge < -0.3 is 5.32 Å². The summed E-state index contributed by atoms with van der Waals surface area (Å²) in [6, 6.07) is 0.0224. The molecule has 3 heteroatoms. The zero-order chi connectivity index (χ0) is 10.1. The van der Waals surface area contributed by atoms with E-state index in [9.17, 15) is 8.78 Å². The van der Waals surface area contributed by atoms with Gasteiger partial charge in [-0.2, -0.15) is 0 Å². The van der Waals surface area contributed by atoms with Crippen LogP contribution in [0, 0.1) is 5.41 Å². The molecular weight excluding hydrogens is 172 g/mol. The zero-order valence-electron chi connectivity index (χ0n) is 8.66. The molecule has 0 aliphatic heterocycles. The van der Waals surface area contributed by atoms with E-state index in [-0.39, 0.29) is 24.3 Å². The van der Waals surface area contributed by atoms with Crippen LogP contribution < -0.4 is 5.32 Å². The maximum absolute atomic E-state index is 12.8. The number of hydrogen-bond acceptors (Lipinski definition) is 1. The molecule has 1 fully saturated rings. The lowest BCUT2D eigenvalue weighted by Crippen LogP contribution is -2.35. The minimum atomic E-state index is -2.42. The number of hydrogen-bond donors (Lipinski definition) is 1. The van der Waals surface area contributed by atoms with E-state index in [0.717, 1.165) is 6.54 Å². The van der Waals surface area contributed by atoms with Crippen molar-refractivity contribution in [2.45, 2.75) is 52.0 Å². The molecule has 1 saturated carbocycles. The molecule has 0 bridgehead atoms. The summed E-state index contributed by atoms with van der Waals surface area (Å²) in [5.41, 5.74) is 0.178. The molecule has 1 unspecified atom stereocenters. The molecule has 1 N–H and O–H groups in total. The highest BCUT2D eigenvalue weighted by Gasteiger charge is 2.39. The van der Waals surface area contributed by atoms with Crippen LogP contribution in [0.2, 0.25) is 0 Å². The number of halogens is 2. The summed E-state index contributed by atoms with van der Waals surface area (Å²) in [5, 5.41) is 3.20. The Labute approximate surface area is 78.9 Å². The molecule has 0 amide bonds. The molecule has 1 rings (SSSR count). The van der Waals surface area contributed by atoms with Crippen molar-refractivity contribution in [2.75, 3.05) is 6.54 Å². The van der Waals surface area contributed by atoms with Gasteiger partial charge in [-0.3, -0.25) is 0 Å². The molecule has 0 radical (unpaired) electrons. The SMILES string of the molecule is CC(C)(C)CNC1CCC(F)(F)C1. The minimum Gasteiger partial charge on any atom is -0.313 e. The van der Waals surface area contributed by atoms with Gasteiger partial charge in [-0.1, -0.05) is 20.8 Å². The average Bonchev–Trinajstić information content (AvgIpc) is 2.24. The van der Waals surface area contributed by atoms with Gasteiger partial charge in [0.05, 0.1) is 0 Å². The smallest absolute Gasteiger partial charge is 0.249 e. The highest BCUT2D eigenvalue weighted by molar-refractivity contribution is 4.86. The molecule has 0 heterocycles. The van der Waals surface area contributed by atoms with Gasteiger partial charge in [-0.15, -0.1) is 0 Å². The van der Waals surface area contributed by atoms with Crippen LogP contribution in [0.25, 0.3) is 0 Å². The molecule has 0 aromatic heterocycles. The second-order valence-electron chi connectivity index (χ2n) is 5.24. The second-order valence-corrected chi connectivity index (χ2v) is 5.24. The lowest BCUT2D eigenvalue weighted by Gasteiger charge is -2.22. The summed E-state index contributed by atoms with van der Waals surface area (Å²) in [7, 11) is 0. The van der Waals surface area contributed by atoms with Gasteiger partial charge in [0.1, 0.15) is 0 Å². The van der Waals surface area contributed by atoms with Gasteiger partial charge in [-0.25, -0.2) is 8.78 Å². The van der Waals surface area contributed by atoms with E-state index in [1.807, 2.05) is 0 Å². The largest absolute Gasteiger partial charge is 0.313 e. The van der Waals surface area contributed by atoms with Crippen LogP contribution >= 0.6 is 0 Å². The molecule has 1 atom stereocenters. The van der Waals surface area contributed by atoms with Crippen molar-refractivity contribution < 1.29 is 8.78 Å². The van der Waals surface area contributed by atoms with E-state index in [0.29, 0.717) is 6.42 Å². The van der Waals surface area contributed by atoms with Gasteiger partial charge in [0.25, 0.3) is 0 Å². The molecule has 13 heavy (non-hydrogen) atoms. The fraction of sp³-hybridized carbons (Fsp3) is 1.00. The van der Waals surface area contributed by atoms with Crippen LogP contribution in [0.4, 0.5) is 8.78 Å². The molecule has 0 aromatic rings. The number of nitrogens with one attached hydrogen (secondary N) is 1. The van der Waals surface area contributed by atoms with Gasteiger partial charge in [-0.05, 0) is 11.8 Å². The fourth-order valence-corrected chi connectivity index (χ4v) is 1.57. The summed E-state index contributed by atoms with van der Waals surface area (Å²) in [6.45, 7) is 7.13. The van der Waals surface area contributed by atoms with E-state index >= 15 is 0 Å². The number of alkyl halides is 2. The third-order valence-corrected chi connectivity index (χ3v) is 2.32. The molecule has 1 aliphatic carbocycles. The van der Waals surface area contributed by atoms with Crippen LogP contribution in [0.5, 0.6) is 0 Å². The van der Waals surface area contributed by atoms with E-state index in [4.69, 9.17) is 0 Å². The third kappa shape index (κ3) is 4.03. The predicted octanol–water partition coefficient (Wildman–Crippen LogP) is 2.81. The van der Waals surface area contributed by atoms with Crippen molar-refractivity contribution in [3.63, 3.8) is 0 Å². The van der Waals surface area contributed by atoms with Crippen molar-refractivity contribution in [3.05, 3.63) is 0 Å². The van der Waals surface area contributed by atoms with E-state index in [2.05, 4.69) is 26.1 Å². The summed E-state index contributed by atoms with van der Waals surface area (Å²) in [4.78, 5) is 0. The van der Waals surface area contributed by atoms with E-state index < -0.39 is 5.92 Å². The quantitative estimate of drug-likeness (QED) is 0.707. The Hall–Kier alpha value is -0.180. The highest BCUT2D eigenvalue weighted by Crippen LogP contribution is 2.34. The van der Waals surface area contributed by atoms with Gasteiger partial charge in [0.15, 0.2) is 0 Å². The zero-order valence-corrected chi connectivity index (χ0v) is 8.66. The molecule has 1 aliphatic rings. The van der Waals surface area contributed by atoms with Crippen LogP contribution in [0.3, 0.4) is 0 Å². The van der Waals surface area contributed by atoms with Gasteiger partial charge in [0, 0.05) is 25.4 Å². The van der Waals surface area contributed by atoms with Crippen molar-refractivity contribution in [1.82, 2.24) is 5.32 Å². The number of rotatable bonds is 2. The molecule has 0 spiro atoms. The lowest BCUT2D eigenvalue weighted by atomic mass is 9.96.